The summed E-state index contributed by atoms with van der Waals surface area (Å²) < 4.78 is 9.68. The highest BCUT2D eigenvalue weighted by atomic mass is 35.5. The number of ether oxygens (including phenoxy) is 1. The summed E-state index contributed by atoms with van der Waals surface area (Å²) in [5, 5.41) is 22.0. The first-order valence-electron chi connectivity index (χ1n) is 8.52. The standard InChI is InChI=1S/C19H14ClN7O2/c1-25-19(28)27(24-23-25)17-4-2-3-13(11-21)16(17)12-29-18-9-10-26(22-18)15-7-5-14(20)6-8-15/h2-10H,12H2,1H3. The van der Waals surface area contributed by atoms with E-state index in [0.29, 0.717) is 27.7 Å². The summed E-state index contributed by atoms with van der Waals surface area (Å²) in [6.45, 7) is 0.0275. The number of tetrazole rings is 1. The summed E-state index contributed by atoms with van der Waals surface area (Å²) in [6.07, 6.45) is 1.75. The molecule has 144 valence electrons. The zero-order valence-electron chi connectivity index (χ0n) is 15.2. The Balaban J connectivity index is 1.62. The van der Waals surface area contributed by atoms with Gasteiger partial charge in [0, 0.05) is 29.9 Å². The molecular formula is C19H14ClN7O2. The Bertz CT molecular complexity index is 1260. The number of aryl methyl sites for hydroxylation is 1. The fourth-order valence-corrected chi connectivity index (χ4v) is 2.89. The van der Waals surface area contributed by atoms with E-state index in [2.05, 4.69) is 21.6 Å². The van der Waals surface area contributed by atoms with Crippen LogP contribution < -0.4 is 10.4 Å². The third kappa shape index (κ3) is 3.61. The normalized spacial score (nSPS) is 10.7. The highest BCUT2D eigenvalue weighted by molar-refractivity contribution is 6.30. The second kappa shape index (κ2) is 7.61. The summed E-state index contributed by atoms with van der Waals surface area (Å²) in [5.74, 6) is 0.366. The van der Waals surface area contributed by atoms with Crippen molar-refractivity contribution in [1.29, 1.82) is 5.26 Å². The number of hydrogen-bond donors (Lipinski definition) is 0. The number of benzene rings is 2. The van der Waals surface area contributed by atoms with Gasteiger partial charge in [-0.25, -0.2) is 9.48 Å². The smallest absolute Gasteiger partial charge is 0.368 e. The number of nitrogens with zero attached hydrogens (tertiary/aromatic N) is 7. The van der Waals surface area contributed by atoms with E-state index in [0.717, 1.165) is 15.1 Å². The molecule has 0 atom stereocenters. The van der Waals surface area contributed by atoms with E-state index < -0.39 is 5.69 Å². The fraction of sp³-hybridized carbons (Fsp3) is 0.105. The minimum atomic E-state index is -0.423. The molecule has 0 fully saturated rings. The van der Waals surface area contributed by atoms with Crippen LogP contribution in [0.4, 0.5) is 0 Å². The van der Waals surface area contributed by atoms with Crippen LogP contribution in [0.15, 0.2) is 59.5 Å². The molecule has 0 bridgehead atoms. The van der Waals surface area contributed by atoms with Gasteiger partial charge in [0.25, 0.3) is 0 Å². The zero-order chi connectivity index (χ0) is 20.4. The van der Waals surface area contributed by atoms with Crippen LogP contribution in [0.5, 0.6) is 5.88 Å². The monoisotopic (exact) mass is 407 g/mol. The maximum Gasteiger partial charge on any atom is 0.368 e. The molecule has 0 unspecified atom stereocenters. The predicted molar refractivity (Wildman–Crippen MR) is 104 cm³/mol. The van der Waals surface area contributed by atoms with Crippen molar-refractivity contribution in [2.45, 2.75) is 6.61 Å². The second-order valence-corrected chi connectivity index (χ2v) is 6.51. The van der Waals surface area contributed by atoms with E-state index in [-0.39, 0.29) is 6.61 Å². The van der Waals surface area contributed by atoms with Crippen molar-refractivity contribution in [3.05, 3.63) is 81.4 Å². The zero-order valence-corrected chi connectivity index (χ0v) is 16.0. The van der Waals surface area contributed by atoms with Gasteiger partial charge in [0.15, 0.2) is 0 Å². The Hall–Kier alpha value is -3.90. The van der Waals surface area contributed by atoms with Gasteiger partial charge in [0.2, 0.25) is 5.88 Å². The van der Waals surface area contributed by atoms with Gasteiger partial charge < -0.3 is 4.74 Å². The summed E-state index contributed by atoms with van der Waals surface area (Å²) >= 11 is 5.91. The predicted octanol–water partition coefficient (Wildman–Crippen LogP) is 2.26. The van der Waals surface area contributed by atoms with Crippen LogP contribution in [0.1, 0.15) is 11.1 Å². The Kier molecular flexibility index (Phi) is 4.85. The Morgan fingerprint density at radius 3 is 2.62 bits per heavy atom. The average Bonchev–Trinajstić information content (AvgIpc) is 3.34. The van der Waals surface area contributed by atoms with E-state index in [1.54, 1.807) is 47.3 Å². The summed E-state index contributed by atoms with van der Waals surface area (Å²) in [5.41, 5.74) is 1.72. The van der Waals surface area contributed by atoms with Crippen molar-refractivity contribution in [2.75, 3.05) is 0 Å². The lowest BCUT2D eigenvalue weighted by Gasteiger charge is -2.10. The molecule has 29 heavy (non-hydrogen) atoms. The van der Waals surface area contributed by atoms with Crippen LogP contribution >= 0.6 is 11.6 Å². The van der Waals surface area contributed by atoms with Crippen LogP contribution in [0.3, 0.4) is 0 Å². The van der Waals surface area contributed by atoms with Crippen molar-refractivity contribution in [2.24, 2.45) is 7.05 Å². The van der Waals surface area contributed by atoms with Crippen molar-refractivity contribution in [3.8, 4) is 23.3 Å². The van der Waals surface area contributed by atoms with Gasteiger partial charge in [-0.2, -0.15) is 14.6 Å². The van der Waals surface area contributed by atoms with Crippen LogP contribution in [0.2, 0.25) is 5.02 Å². The number of hydrogen-bond acceptors (Lipinski definition) is 6. The lowest BCUT2D eigenvalue weighted by molar-refractivity contribution is 0.291. The molecule has 0 saturated carbocycles. The fourth-order valence-electron chi connectivity index (χ4n) is 2.76. The van der Waals surface area contributed by atoms with Gasteiger partial charge in [-0.05, 0) is 46.8 Å². The molecule has 0 amide bonds. The molecule has 4 rings (SSSR count). The molecule has 0 saturated heterocycles. The average molecular weight is 408 g/mol. The van der Waals surface area contributed by atoms with Crippen molar-refractivity contribution in [3.63, 3.8) is 0 Å². The maximum atomic E-state index is 12.2. The van der Waals surface area contributed by atoms with Crippen LogP contribution in [0, 0.1) is 11.3 Å². The molecule has 0 radical (unpaired) electrons. The van der Waals surface area contributed by atoms with Crippen LogP contribution in [-0.4, -0.2) is 29.6 Å². The number of rotatable bonds is 5. The van der Waals surface area contributed by atoms with Gasteiger partial charge in [-0.3, -0.25) is 0 Å². The highest BCUT2D eigenvalue weighted by Gasteiger charge is 2.15. The molecule has 0 aliphatic rings. The number of aromatic nitrogens is 6. The van der Waals surface area contributed by atoms with Crippen molar-refractivity contribution >= 4 is 11.6 Å². The first-order valence-corrected chi connectivity index (χ1v) is 8.90. The number of nitriles is 1. The highest BCUT2D eigenvalue weighted by Crippen LogP contribution is 2.20. The Labute approximate surface area is 169 Å². The largest absolute Gasteiger partial charge is 0.472 e. The van der Waals surface area contributed by atoms with Gasteiger partial charge in [0.1, 0.15) is 6.61 Å². The van der Waals surface area contributed by atoms with Crippen molar-refractivity contribution in [1.82, 2.24) is 29.6 Å². The molecule has 0 aliphatic heterocycles. The lowest BCUT2D eigenvalue weighted by Crippen LogP contribution is -2.23. The molecule has 2 aromatic heterocycles. The van der Waals surface area contributed by atoms with E-state index in [1.165, 1.54) is 7.05 Å². The van der Waals surface area contributed by atoms with Gasteiger partial charge >= 0.3 is 5.69 Å². The van der Waals surface area contributed by atoms with E-state index in [4.69, 9.17) is 16.3 Å². The SMILES string of the molecule is Cn1nnn(-c2cccc(C#N)c2COc2ccn(-c3ccc(Cl)cc3)n2)c1=O. The lowest BCUT2D eigenvalue weighted by atomic mass is 10.1. The second-order valence-electron chi connectivity index (χ2n) is 6.08. The summed E-state index contributed by atoms with van der Waals surface area (Å²) in [7, 11) is 1.50. The van der Waals surface area contributed by atoms with E-state index in [9.17, 15) is 10.1 Å². The van der Waals surface area contributed by atoms with Crippen molar-refractivity contribution < 1.29 is 4.74 Å². The molecule has 0 N–H and O–H groups in total. The maximum absolute atomic E-state index is 12.2. The molecule has 2 aromatic carbocycles. The first kappa shape index (κ1) is 18.5. The molecule has 10 heteroatoms. The molecule has 0 aliphatic carbocycles. The molecular weight excluding hydrogens is 394 g/mol. The Morgan fingerprint density at radius 2 is 1.93 bits per heavy atom. The number of halogens is 1. The summed E-state index contributed by atoms with van der Waals surface area (Å²) in [4.78, 5) is 12.2. The van der Waals surface area contributed by atoms with Gasteiger partial charge in [-0.15, -0.1) is 5.10 Å². The van der Waals surface area contributed by atoms with E-state index >= 15 is 0 Å². The molecule has 0 spiro atoms. The first-order chi connectivity index (χ1) is 14.1. The Morgan fingerprint density at radius 1 is 1.14 bits per heavy atom. The molecule has 4 aromatic rings. The van der Waals surface area contributed by atoms with Crippen LogP contribution in [-0.2, 0) is 13.7 Å². The molecule has 2 heterocycles. The quantitative estimate of drug-likeness (QED) is 0.502. The third-order valence-corrected chi connectivity index (χ3v) is 4.49. The molecule has 9 nitrogen and oxygen atoms in total. The van der Waals surface area contributed by atoms with Crippen LogP contribution in [0.25, 0.3) is 11.4 Å². The van der Waals surface area contributed by atoms with Gasteiger partial charge in [0.05, 0.1) is 23.0 Å². The van der Waals surface area contributed by atoms with E-state index in [1.807, 2.05) is 12.1 Å². The third-order valence-electron chi connectivity index (χ3n) is 4.24. The van der Waals surface area contributed by atoms with Gasteiger partial charge in [-0.1, -0.05) is 17.7 Å². The minimum Gasteiger partial charge on any atom is -0.472 e. The minimum absolute atomic E-state index is 0.0275. The topological polar surface area (TPSA) is 104 Å². The summed E-state index contributed by atoms with van der Waals surface area (Å²) in [6, 6.07) is 16.0.